The summed E-state index contributed by atoms with van der Waals surface area (Å²) in [7, 11) is -1.69. The van der Waals surface area contributed by atoms with Crippen molar-refractivity contribution in [1.82, 2.24) is 4.90 Å². The summed E-state index contributed by atoms with van der Waals surface area (Å²) in [4.78, 5) is 28.5. The van der Waals surface area contributed by atoms with Crippen molar-refractivity contribution in [3.05, 3.63) is 71.3 Å². The summed E-state index contributed by atoms with van der Waals surface area (Å²) in [5.41, 5.74) is 10.1. The van der Waals surface area contributed by atoms with Crippen molar-refractivity contribution in [2.75, 3.05) is 47.7 Å². The van der Waals surface area contributed by atoms with Crippen LogP contribution in [0.1, 0.15) is 48.7 Å². The number of guanidine groups is 1. The smallest absolute Gasteiger partial charge is 0.255 e. The molecule has 14 heteroatoms. The average Bonchev–Trinajstić information content (AvgIpc) is 3.43. The molecule has 2 aliphatic rings. The van der Waals surface area contributed by atoms with Gasteiger partial charge < -0.3 is 35.8 Å². The molecule has 0 unspecified atom stereocenters. The number of aryl methyl sites for hydroxylation is 1. The van der Waals surface area contributed by atoms with Crippen LogP contribution in [0, 0.1) is 6.92 Å². The van der Waals surface area contributed by atoms with Gasteiger partial charge >= 0.3 is 0 Å². The summed E-state index contributed by atoms with van der Waals surface area (Å²) in [5, 5.41) is 15.7. The third-order valence-corrected chi connectivity index (χ3v) is 8.71. The van der Waals surface area contributed by atoms with Crippen molar-refractivity contribution in [1.29, 1.82) is 0 Å². The summed E-state index contributed by atoms with van der Waals surface area (Å²) in [6.45, 7) is 12.2. The van der Waals surface area contributed by atoms with E-state index in [0.717, 1.165) is 11.1 Å². The molecular weight excluding hydrogens is 611 g/mol. The second kappa shape index (κ2) is 13.8. The van der Waals surface area contributed by atoms with Crippen LogP contribution in [0.3, 0.4) is 0 Å². The lowest BCUT2D eigenvalue weighted by Crippen LogP contribution is -2.32. The fourth-order valence-electron chi connectivity index (χ4n) is 4.85. The number of aliphatic imine (C=N–C) groups is 3. The minimum absolute atomic E-state index is 0.157. The first-order valence-electron chi connectivity index (χ1n) is 14.7. The van der Waals surface area contributed by atoms with Gasteiger partial charge in [0.1, 0.15) is 29.3 Å². The predicted molar refractivity (Wildman–Crippen MR) is 186 cm³/mol. The molecule has 1 atom stereocenters. The number of nitrogens with two attached hydrogens (primary N) is 1. The first kappa shape index (κ1) is 34.3. The predicted octanol–water partition coefficient (Wildman–Crippen LogP) is 4.09. The van der Waals surface area contributed by atoms with E-state index in [1.807, 2.05) is 33.8 Å². The van der Waals surface area contributed by atoms with Crippen LogP contribution in [0.15, 0.2) is 69.6 Å². The lowest BCUT2D eigenvalue weighted by Gasteiger charge is -2.26. The number of methoxy groups -OCH3 is 1. The third kappa shape index (κ3) is 7.98. The van der Waals surface area contributed by atoms with Gasteiger partial charge in [-0.2, -0.15) is 0 Å². The molecule has 12 nitrogen and oxygen atoms in total. The number of alkyl halides is 1. The maximum absolute atomic E-state index is 13.9. The molecule has 0 aliphatic carbocycles. The van der Waals surface area contributed by atoms with Crippen molar-refractivity contribution in [3.8, 4) is 5.75 Å². The molecule has 1 amide bonds. The Kier molecular flexibility index (Phi) is 10.3. The number of carbonyl (C=O) groups is 1. The van der Waals surface area contributed by atoms with Crippen molar-refractivity contribution in [2.45, 2.75) is 45.7 Å². The summed E-state index contributed by atoms with van der Waals surface area (Å²) in [5.74, 6) is -0.210. The first-order valence-corrected chi connectivity index (χ1v) is 17.1. The number of allylic oxidation sites excluding steroid dienone is 1. The molecule has 2 aromatic rings. The highest BCUT2D eigenvalue weighted by Crippen LogP contribution is 2.40. The van der Waals surface area contributed by atoms with Gasteiger partial charge in [0.15, 0.2) is 5.75 Å². The molecular formula is C32H43FN8O4S. The molecule has 2 aromatic carbocycles. The van der Waals surface area contributed by atoms with E-state index >= 15 is 0 Å². The number of rotatable bonds is 9. The molecule has 1 saturated heterocycles. The van der Waals surface area contributed by atoms with Crippen molar-refractivity contribution in [3.63, 3.8) is 0 Å². The minimum Gasteiger partial charge on any atom is -0.492 e. The van der Waals surface area contributed by atoms with Gasteiger partial charge in [-0.1, -0.05) is 33.4 Å². The number of halogens is 1. The molecule has 0 saturated carbocycles. The number of nitrogens with zero attached hydrogens (tertiary/aromatic N) is 4. The minimum atomic E-state index is -3.14. The molecule has 0 spiro atoms. The van der Waals surface area contributed by atoms with Crippen LogP contribution in [0.4, 0.5) is 21.5 Å². The van der Waals surface area contributed by atoms with E-state index in [1.54, 1.807) is 29.2 Å². The number of amides is 1. The largest absolute Gasteiger partial charge is 0.492 e. The molecule has 4 rings (SSSR count). The summed E-state index contributed by atoms with van der Waals surface area (Å²) < 4.78 is 35.2. The van der Waals surface area contributed by atoms with Crippen LogP contribution in [-0.4, -0.2) is 76.6 Å². The van der Waals surface area contributed by atoms with Crippen molar-refractivity contribution < 1.29 is 23.2 Å². The Labute approximate surface area is 270 Å². The fourth-order valence-corrected chi connectivity index (χ4v) is 5.60. The lowest BCUT2D eigenvalue weighted by atomic mass is 9.86. The zero-order valence-corrected chi connectivity index (χ0v) is 27.9. The van der Waals surface area contributed by atoms with Gasteiger partial charge in [-0.05, 0) is 64.3 Å². The Morgan fingerprint density at radius 3 is 2.59 bits per heavy atom. The molecule has 1 fully saturated rings. The van der Waals surface area contributed by atoms with Crippen LogP contribution >= 0.6 is 0 Å². The van der Waals surface area contributed by atoms with Crippen LogP contribution < -0.4 is 25.8 Å². The molecule has 248 valence electrons. The molecule has 6 N–H and O–H groups in total. The molecule has 46 heavy (non-hydrogen) atoms. The zero-order chi connectivity index (χ0) is 33.8. The van der Waals surface area contributed by atoms with E-state index in [0.29, 0.717) is 53.0 Å². The number of nitrogens with one attached hydrogen (secondary N) is 3. The van der Waals surface area contributed by atoms with E-state index < -0.39 is 28.1 Å². The van der Waals surface area contributed by atoms with Gasteiger partial charge in [-0.25, -0.2) is 14.4 Å². The zero-order valence-electron chi connectivity index (χ0n) is 27.0. The second-order valence-corrected chi connectivity index (χ2v) is 15.0. The van der Waals surface area contributed by atoms with Gasteiger partial charge in [0.05, 0.1) is 31.2 Å². The summed E-state index contributed by atoms with van der Waals surface area (Å²) in [6, 6.07) is 8.73. The van der Waals surface area contributed by atoms with Crippen LogP contribution in [0.5, 0.6) is 5.75 Å². The number of benzene rings is 2. The maximum Gasteiger partial charge on any atom is 0.255 e. The lowest BCUT2D eigenvalue weighted by molar-refractivity contribution is 0.102. The number of thiol groups is 1. The number of ether oxygens (including phenoxy) is 1. The van der Waals surface area contributed by atoms with E-state index in [1.165, 1.54) is 25.8 Å². The highest BCUT2D eigenvalue weighted by molar-refractivity contribution is 8.03. The fraction of sp³-hybridized carbons (Fsp3) is 0.375. The average molecular weight is 655 g/mol. The second-order valence-electron chi connectivity index (χ2n) is 12.3. The molecule has 2 aliphatic heterocycles. The molecule has 2 heterocycles. The maximum atomic E-state index is 13.9. The Bertz CT molecular complexity index is 1700. The standard InChI is InChI=1S/C32H43FN8O4S/c1-8-35-26-16-36-31(41-12-11-22(33)17-41)39-27(26)29(34)37-23-13-20(10-9-19(23)2)30(43)38-24-14-21(32(3,4)5)15-25(28(24)45-6)40-46(7,44)18-42/h8-10,13-16,22,37,42,46H,1,11-12,17-18,34H2,2-7H3,(H,38,43)(H,40,44)/b29-27-,35-26-/t22-/m0/s1. The first-order chi connectivity index (χ1) is 21.6. The Morgan fingerprint density at radius 2 is 1.98 bits per heavy atom. The molecule has 0 bridgehead atoms. The summed E-state index contributed by atoms with van der Waals surface area (Å²) >= 11 is 0. The van der Waals surface area contributed by atoms with E-state index in [2.05, 4.69) is 36.9 Å². The topological polar surface area (TPSA) is 166 Å². The van der Waals surface area contributed by atoms with Crippen molar-refractivity contribution in [2.24, 2.45) is 20.7 Å². The quantitative estimate of drug-likeness (QED) is 0.222. The van der Waals surface area contributed by atoms with E-state index in [9.17, 15) is 18.5 Å². The van der Waals surface area contributed by atoms with Crippen LogP contribution in [0.25, 0.3) is 0 Å². The van der Waals surface area contributed by atoms with Gasteiger partial charge in [0.25, 0.3) is 5.91 Å². The third-order valence-electron chi connectivity index (χ3n) is 7.46. The summed E-state index contributed by atoms with van der Waals surface area (Å²) in [6.07, 6.45) is 3.74. The number of aliphatic hydroxyl groups excluding tert-OH is 1. The number of hydrogen-bond donors (Lipinski definition) is 6. The van der Waals surface area contributed by atoms with Crippen LogP contribution in [0.2, 0.25) is 0 Å². The Balaban J connectivity index is 1.67. The molecule has 0 aromatic heterocycles. The van der Waals surface area contributed by atoms with Gasteiger partial charge in [-0.15, -0.1) is 0 Å². The van der Waals surface area contributed by atoms with Gasteiger partial charge in [0.2, 0.25) is 5.96 Å². The monoisotopic (exact) mass is 654 g/mol. The number of anilines is 3. The van der Waals surface area contributed by atoms with Gasteiger partial charge in [-0.3, -0.25) is 14.0 Å². The van der Waals surface area contributed by atoms with E-state index in [-0.39, 0.29) is 23.5 Å². The Morgan fingerprint density at radius 1 is 1.26 bits per heavy atom. The molecule has 0 radical (unpaired) electrons. The number of carbonyl (C=O) groups excluding carboxylic acids is 1. The number of hydrogen-bond acceptors (Lipinski definition) is 10. The Hall–Kier alpha value is -4.56. The number of aliphatic hydroxyl groups is 1. The highest BCUT2D eigenvalue weighted by Gasteiger charge is 2.27. The normalized spacial score (nSPS) is 19.0. The van der Waals surface area contributed by atoms with Crippen molar-refractivity contribution >= 4 is 51.0 Å². The van der Waals surface area contributed by atoms with Crippen LogP contribution in [-0.2, 0) is 15.5 Å². The SMILES string of the molecule is C=C/N=C1/C=NC(N2CC[C@H](F)C2)=N/C1=C(/N)Nc1cc(C(=O)Nc2cc(C(C)(C)C)cc(N[SH](C)(=O)CO)c2OC)ccc1C. The van der Waals surface area contributed by atoms with Gasteiger partial charge in [0, 0.05) is 30.3 Å². The van der Waals surface area contributed by atoms with E-state index in [4.69, 9.17) is 10.5 Å². The highest BCUT2D eigenvalue weighted by atomic mass is 32.3. The number of likely N-dealkylation sites (tertiary alicyclic amines) is 1.